The number of rotatable bonds is 19. The van der Waals surface area contributed by atoms with Crippen molar-refractivity contribution in [2.24, 2.45) is 10.3 Å². The molecule has 0 fully saturated rings. The monoisotopic (exact) mass is 656 g/mol. The number of ether oxygens (including phenoxy) is 2. The van der Waals surface area contributed by atoms with E-state index in [9.17, 15) is 36.0 Å². The van der Waals surface area contributed by atoms with Gasteiger partial charge in [-0.15, -0.1) is 0 Å². The number of hydrogen-bond donors (Lipinski definition) is 6. The summed E-state index contributed by atoms with van der Waals surface area (Å²) < 4.78 is 55.7. The fourth-order valence-corrected chi connectivity index (χ4v) is 4.41. The molecule has 0 saturated heterocycles. The molecule has 0 saturated carbocycles. The van der Waals surface area contributed by atoms with Gasteiger partial charge in [0, 0.05) is 50.1 Å². The largest absolute Gasteiger partial charge is 0.377 e. The molecule has 0 aliphatic heterocycles. The summed E-state index contributed by atoms with van der Waals surface area (Å²) in [6, 6.07) is 10.6. The van der Waals surface area contributed by atoms with Gasteiger partial charge in [0.25, 0.3) is 0 Å². The van der Waals surface area contributed by atoms with Crippen LogP contribution < -0.4 is 31.5 Å². The van der Waals surface area contributed by atoms with E-state index in [1.807, 2.05) is 0 Å². The predicted octanol–water partition coefficient (Wildman–Crippen LogP) is -0.615. The van der Waals surface area contributed by atoms with Gasteiger partial charge in [0.15, 0.2) is 0 Å². The number of nitrogens with two attached hydrogens (primary N) is 2. The Kier molecular flexibility index (Phi) is 14.8. The average Bonchev–Trinajstić information content (AvgIpc) is 2.95. The molecule has 0 heterocycles. The van der Waals surface area contributed by atoms with E-state index in [4.69, 9.17) is 19.8 Å². The first kappa shape index (κ1) is 36.3. The lowest BCUT2D eigenvalue weighted by atomic mass is 10.2. The Hall–Kier alpha value is -3.94. The van der Waals surface area contributed by atoms with Gasteiger partial charge in [0.05, 0.1) is 36.2 Å². The normalized spacial score (nSPS) is 11.4. The number of benzene rings is 2. The van der Waals surface area contributed by atoms with E-state index in [2.05, 4.69) is 21.3 Å². The second-order valence-corrected chi connectivity index (χ2v) is 12.3. The van der Waals surface area contributed by atoms with E-state index >= 15 is 0 Å². The third kappa shape index (κ3) is 15.0. The van der Waals surface area contributed by atoms with Gasteiger partial charge in [-0.3, -0.25) is 19.2 Å². The number of nitrogens with one attached hydrogen (secondary N) is 4. The van der Waals surface area contributed by atoms with Crippen LogP contribution in [0.4, 0.5) is 11.4 Å². The van der Waals surface area contributed by atoms with Crippen molar-refractivity contribution in [1.82, 2.24) is 10.6 Å². The highest BCUT2D eigenvalue weighted by atomic mass is 32.2. The smallest absolute Gasteiger partial charge is 0.238 e. The lowest BCUT2D eigenvalue weighted by Gasteiger charge is -2.09. The maximum absolute atomic E-state index is 12.0. The number of hydrogen-bond acceptors (Lipinski definition) is 10. The molecule has 0 unspecified atom stereocenters. The van der Waals surface area contributed by atoms with E-state index < -0.39 is 31.9 Å². The number of carbonyl (C=O) groups is 4. The Bertz CT molecular complexity index is 1370. The molecule has 0 bridgehead atoms. The number of primary sulfonamides is 2. The van der Waals surface area contributed by atoms with Crippen LogP contribution in [0, 0.1) is 0 Å². The van der Waals surface area contributed by atoms with E-state index in [0.29, 0.717) is 11.4 Å². The highest BCUT2D eigenvalue weighted by Gasteiger charge is 2.11. The number of amides is 4. The standard InChI is InChI=1S/C26H36N6O10S2/c27-43(37,38)21-5-1-19(2-6-21)31-25(35)11-9-23(33)29-13-15-41-17-18-42-16-14-30-24(34)10-12-26(36)32-20-3-7-22(8-4-20)44(28,39)40/h1-8H,9-18H2,(H,29,33)(H,30,34)(H,31,35)(H,32,36)(H2,27,37,38)(H2,28,39,40). The molecule has 44 heavy (non-hydrogen) atoms. The van der Waals surface area contributed by atoms with Gasteiger partial charge in [-0.2, -0.15) is 0 Å². The lowest BCUT2D eigenvalue weighted by molar-refractivity contribution is -0.124. The summed E-state index contributed by atoms with van der Waals surface area (Å²) >= 11 is 0. The summed E-state index contributed by atoms with van der Waals surface area (Å²) in [5, 5.41) is 20.4. The lowest BCUT2D eigenvalue weighted by Crippen LogP contribution is -2.29. The molecule has 0 atom stereocenters. The minimum atomic E-state index is -3.83. The van der Waals surface area contributed by atoms with Gasteiger partial charge in [-0.25, -0.2) is 27.1 Å². The van der Waals surface area contributed by atoms with Crippen molar-refractivity contribution >= 4 is 55.1 Å². The van der Waals surface area contributed by atoms with Crippen LogP contribution in [0.15, 0.2) is 58.3 Å². The first-order valence-corrected chi connectivity index (χ1v) is 16.4. The molecule has 0 aromatic heterocycles. The molecule has 2 aromatic rings. The predicted molar refractivity (Wildman–Crippen MR) is 159 cm³/mol. The molecule has 242 valence electrons. The Morgan fingerprint density at radius 1 is 0.523 bits per heavy atom. The topological polar surface area (TPSA) is 255 Å². The zero-order valence-electron chi connectivity index (χ0n) is 23.7. The summed E-state index contributed by atoms with van der Waals surface area (Å²) in [4.78, 5) is 47.6. The summed E-state index contributed by atoms with van der Waals surface area (Å²) in [5.74, 6) is -1.49. The van der Waals surface area contributed by atoms with Gasteiger partial charge in [0.1, 0.15) is 0 Å². The first-order valence-electron chi connectivity index (χ1n) is 13.3. The molecule has 2 rings (SSSR count). The van der Waals surface area contributed by atoms with Gasteiger partial charge in [-0.05, 0) is 48.5 Å². The van der Waals surface area contributed by atoms with Crippen molar-refractivity contribution in [3.63, 3.8) is 0 Å². The zero-order valence-corrected chi connectivity index (χ0v) is 25.4. The minimum Gasteiger partial charge on any atom is -0.377 e. The molecular weight excluding hydrogens is 620 g/mol. The summed E-state index contributed by atoms with van der Waals surface area (Å²) in [6.45, 7) is 1.45. The van der Waals surface area contributed by atoms with Gasteiger partial charge in [0.2, 0.25) is 43.7 Å². The quantitative estimate of drug-likeness (QED) is 0.105. The van der Waals surface area contributed by atoms with E-state index in [1.54, 1.807) is 0 Å². The van der Waals surface area contributed by atoms with Crippen LogP contribution in [0.3, 0.4) is 0 Å². The van der Waals surface area contributed by atoms with Crippen molar-refractivity contribution in [3.05, 3.63) is 48.5 Å². The van der Waals surface area contributed by atoms with Crippen molar-refractivity contribution in [2.75, 3.05) is 50.2 Å². The molecular formula is C26H36N6O10S2. The second-order valence-electron chi connectivity index (χ2n) is 9.16. The molecule has 18 heteroatoms. The number of anilines is 2. The fourth-order valence-electron chi connectivity index (χ4n) is 3.38. The van der Waals surface area contributed by atoms with Crippen LogP contribution in [0.25, 0.3) is 0 Å². The molecule has 8 N–H and O–H groups in total. The van der Waals surface area contributed by atoms with Crippen molar-refractivity contribution in [3.8, 4) is 0 Å². The molecule has 0 spiro atoms. The van der Waals surface area contributed by atoms with Crippen LogP contribution in [0.1, 0.15) is 25.7 Å². The second kappa shape index (κ2) is 18.0. The average molecular weight is 657 g/mol. The highest BCUT2D eigenvalue weighted by Crippen LogP contribution is 2.14. The van der Waals surface area contributed by atoms with Gasteiger partial charge in [-0.1, -0.05) is 0 Å². The third-order valence-electron chi connectivity index (χ3n) is 5.60. The van der Waals surface area contributed by atoms with Crippen LogP contribution in [-0.4, -0.2) is 80.0 Å². The SMILES string of the molecule is NS(=O)(=O)c1ccc(NC(=O)CCC(=O)NCCOCCOCCNC(=O)CCC(=O)Nc2ccc(S(N)(=O)=O)cc2)cc1. The van der Waals surface area contributed by atoms with Gasteiger partial charge >= 0.3 is 0 Å². The maximum atomic E-state index is 12.0. The van der Waals surface area contributed by atoms with Crippen LogP contribution in [0.2, 0.25) is 0 Å². The minimum absolute atomic E-state index is 0.0438. The maximum Gasteiger partial charge on any atom is 0.238 e. The number of carbonyl (C=O) groups excluding carboxylic acids is 4. The third-order valence-corrected chi connectivity index (χ3v) is 7.46. The Labute approximate surface area is 255 Å². The molecule has 2 aromatic carbocycles. The van der Waals surface area contributed by atoms with E-state index in [-0.39, 0.29) is 86.8 Å². The van der Waals surface area contributed by atoms with Crippen LogP contribution >= 0.6 is 0 Å². The summed E-state index contributed by atoms with van der Waals surface area (Å²) in [7, 11) is -7.65. The first-order chi connectivity index (χ1) is 20.7. The molecule has 0 radical (unpaired) electrons. The fraction of sp³-hybridized carbons (Fsp3) is 0.385. The van der Waals surface area contributed by atoms with Crippen molar-refractivity contribution < 1.29 is 45.5 Å². The zero-order chi connectivity index (χ0) is 32.6. The van der Waals surface area contributed by atoms with E-state index in [1.165, 1.54) is 48.5 Å². The molecule has 4 amide bonds. The Morgan fingerprint density at radius 2 is 0.841 bits per heavy atom. The Morgan fingerprint density at radius 3 is 1.16 bits per heavy atom. The van der Waals surface area contributed by atoms with Gasteiger partial charge < -0.3 is 30.7 Å². The summed E-state index contributed by atoms with van der Waals surface area (Å²) in [5.41, 5.74) is 0.744. The van der Waals surface area contributed by atoms with Crippen molar-refractivity contribution in [2.45, 2.75) is 35.5 Å². The van der Waals surface area contributed by atoms with Crippen LogP contribution in [0.5, 0.6) is 0 Å². The van der Waals surface area contributed by atoms with Crippen molar-refractivity contribution in [1.29, 1.82) is 0 Å². The molecule has 0 aliphatic rings. The Balaban J connectivity index is 1.43. The summed E-state index contributed by atoms with van der Waals surface area (Å²) in [6.07, 6.45) is -0.224. The van der Waals surface area contributed by atoms with Crippen LogP contribution in [-0.2, 0) is 48.7 Å². The molecule has 0 aliphatic carbocycles. The highest BCUT2D eigenvalue weighted by molar-refractivity contribution is 7.89. The number of sulfonamides is 2. The molecule has 16 nitrogen and oxygen atoms in total. The van der Waals surface area contributed by atoms with E-state index in [0.717, 1.165) is 0 Å².